The smallest absolute Gasteiger partial charge is 0.313 e. The molecule has 2 unspecified atom stereocenters. The second-order valence-electron chi connectivity index (χ2n) is 7.13. The average molecular weight is 530 g/mol. The number of amides is 2. The molecular weight excluding hydrogens is 510 g/mol. The van der Waals surface area contributed by atoms with Gasteiger partial charge in [0.05, 0.1) is 0 Å². The Kier molecular flexibility index (Phi) is 7.06. The van der Waals surface area contributed by atoms with E-state index in [9.17, 15) is 19.5 Å². The molecule has 2 saturated heterocycles. The Morgan fingerprint density at radius 3 is 2.94 bits per heavy atom. The van der Waals surface area contributed by atoms with Gasteiger partial charge in [0, 0.05) is 23.4 Å². The van der Waals surface area contributed by atoms with Crippen LogP contribution in [0.3, 0.4) is 0 Å². The van der Waals surface area contributed by atoms with Crippen molar-refractivity contribution < 1.29 is 24.3 Å². The van der Waals surface area contributed by atoms with E-state index in [4.69, 9.17) is 10.6 Å². The number of nitrogens with two attached hydrogens (primary N) is 1. The van der Waals surface area contributed by atoms with Gasteiger partial charge in [0.25, 0.3) is 5.91 Å². The number of nitrogens with zero attached hydrogens (tertiary/aromatic N) is 5. The number of rotatable bonds is 9. The van der Waals surface area contributed by atoms with E-state index in [1.807, 2.05) is 0 Å². The molecule has 2 fully saturated rings. The first-order chi connectivity index (χ1) is 15.8. The number of anilines is 1. The molecule has 12 nitrogen and oxygen atoms in total. The van der Waals surface area contributed by atoms with E-state index in [1.54, 1.807) is 17.8 Å². The van der Waals surface area contributed by atoms with E-state index >= 15 is 0 Å². The number of carbonyl (C=O) groups excluding carboxylic acids is 2. The van der Waals surface area contributed by atoms with Crippen LogP contribution >= 0.6 is 46.2 Å². The van der Waals surface area contributed by atoms with Crippen LogP contribution in [0.4, 0.5) is 5.13 Å². The van der Waals surface area contributed by atoms with Gasteiger partial charge in [0.15, 0.2) is 15.2 Å². The Morgan fingerprint density at radius 1 is 1.48 bits per heavy atom. The number of carboxylic acid groups (broad SMARTS) is 1. The topological polar surface area (TPSA) is 173 Å². The number of aliphatic carboxylic acids is 1. The second-order valence-corrected chi connectivity index (χ2v) is 11.2. The van der Waals surface area contributed by atoms with E-state index in [1.165, 1.54) is 39.8 Å². The summed E-state index contributed by atoms with van der Waals surface area (Å²) in [5, 5.41) is 25.6. The highest BCUT2D eigenvalue weighted by Gasteiger charge is 2.57. The maximum Gasteiger partial charge on any atom is 0.313 e. The maximum atomic E-state index is 12.9. The molecule has 4 heterocycles. The standard InChI is InChI=1S/C17H19N7O5S4/c1-2-29-23-9(8-3-30-15(18)20-8)11(25)21-10-12(26)24-4-17(14(27)28,5-31-13(10)24)6-32-16-22-19-7-33-16/h3,7,10,13H,2,4-6H2,1H3,(H2,18,20)(H,21,25)(H,27,28)/t10?,13-,17?/m1/s1. The number of β-lactam (4-membered cyclic amide) rings is 1. The highest BCUT2D eigenvalue weighted by Crippen LogP contribution is 2.44. The van der Waals surface area contributed by atoms with Crippen LogP contribution in [0, 0.1) is 5.41 Å². The number of carboxylic acids is 1. The highest BCUT2D eigenvalue weighted by molar-refractivity contribution is 8.01. The minimum Gasteiger partial charge on any atom is -0.481 e. The van der Waals surface area contributed by atoms with Crippen LogP contribution < -0.4 is 11.1 Å². The van der Waals surface area contributed by atoms with Crippen LogP contribution in [0.2, 0.25) is 0 Å². The quantitative estimate of drug-likeness (QED) is 0.179. The lowest BCUT2D eigenvalue weighted by Crippen LogP contribution is -2.74. The van der Waals surface area contributed by atoms with Crippen LogP contribution in [0.15, 0.2) is 20.4 Å². The number of hydrogen-bond acceptors (Lipinski definition) is 13. The number of oxime groups is 1. The molecule has 33 heavy (non-hydrogen) atoms. The lowest BCUT2D eigenvalue weighted by atomic mass is 9.89. The summed E-state index contributed by atoms with van der Waals surface area (Å²) in [4.78, 5) is 48.4. The van der Waals surface area contributed by atoms with Crippen LogP contribution in [-0.2, 0) is 19.2 Å². The van der Waals surface area contributed by atoms with Crippen molar-refractivity contribution in [2.45, 2.75) is 22.7 Å². The third kappa shape index (κ3) is 4.78. The van der Waals surface area contributed by atoms with E-state index < -0.39 is 23.3 Å². The summed E-state index contributed by atoms with van der Waals surface area (Å²) >= 11 is 5.12. The predicted molar refractivity (Wildman–Crippen MR) is 125 cm³/mol. The molecular formula is C17H19N7O5S4. The third-order valence-corrected chi connectivity index (χ3v) is 9.37. The first-order valence-corrected chi connectivity index (χ1v) is 13.4. The van der Waals surface area contributed by atoms with E-state index in [2.05, 4.69) is 25.7 Å². The Labute approximate surface area is 204 Å². The maximum absolute atomic E-state index is 12.9. The van der Waals surface area contributed by atoms with Crippen molar-refractivity contribution in [3.63, 3.8) is 0 Å². The third-order valence-electron chi connectivity index (χ3n) is 4.96. The molecule has 176 valence electrons. The van der Waals surface area contributed by atoms with Gasteiger partial charge in [-0.05, 0) is 6.92 Å². The van der Waals surface area contributed by atoms with Gasteiger partial charge in [0.1, 0.15) is 34.6 Å². The zero-order valence-electron chi connectivity index (χ0n) is 17.2. The number of carbonyl (C=O) groups is 3. The fraction of sp³-hybridized carbons (Fsp3) is 0.471. The molecule has 2 amide bonds. The second kappa shape index (κ2) is 9.82. The number of thiazole rings is 1. The fourth-order valence-electron chi connectivity index (χ4n) is 3.27. The Bertz CT molecular complexity index is 1080. The van der Waals surface area contributed by atoms with Gasteiger partial charge in [-0.15, -0.1) is 33.3 Å². The molecule has 3 atom stereocenters. The van der Waals surface area contributed by atoms with Gasteiger partial charge in [-0.25, -0.2) is 4.98 Å². The van der Waals surface area contributed by atoms with Crippen LogP contribution in [0.1, 0.15) is 12.6 Å². The summed E-state index contributed by atoms with van der Waals surface area (Å²) in [7, 11) is 0. The number of nitrogens with one attached hydrogen (secondary N) is 1. The van der Waals surface area contributed by atoms with Gasteiger partial charge in [-0.1, -0.05) is 28.3 Å². The Morgan fingerprint density at radius 2 is 2.30 bits per heavy atom. The summed E-state index contributed by atoms with van der Waals surface area (Å²) in [6.07, 6.45) is 0. The summed E-state index contributed by atoms with van der Waals surface area (Å²) in [5.41, 5.74) is 6.29. The summed E-state index contributed by atoms with van der Waals surface area (Å²) in [6.45, 7) is 2.02. The lowest BCUT2D eigenvalue weighted by Gasteiger charge is -2.53. The summed E-state index contributed by atoms with van der Waals surface area (Å²) in [5.74, 6) is -1.39. The molecule has 0 saturated carbocycles. The lowest BCUT2D eigenvalue weighted by molar-refractivity contribution is -0.157. The monoisotopic (exact) mass is 529 g/mol. The van der Waals surface area contributed by atoms with Crippen LogP contribution in [0.5, 0.6) is 0 Å². The largest absolute Gasteiger partial charge is 0.481 e. The van der Waals surface area contributed by atoms with Crippen molar-refractivity contribution >= 4 is 74.8 Å². The van der Waals surface area contributed by atoms with Crippen LogP contribution in [-0.4, -0.2) is 84.8 Å². The number of aromatic nitrogens is 3. The Balaban J connectivity index is 1.43. The Hall–Kier alpha value is -2.43. The number of fused-ring (bicyclic) bond motifs is 1. The highest BCUT2D eigenvalue weighted by atomic mass is 32.2. The van der Waals surface area contributed by atoms with E-state index in [0.29, 0.717) is 4.34 Å². The predicted octanol–water partition coefficient (Wildman–Crippen LogP) is 0.581. The van der Waals surface area contributed by atoms with Gasteiger partial charge in [-0.3, -0.25) is 14.4 Å². The van der Waals surface area contributed by atoms with Crippen molar-refractivity contribution in [3.05, 3.63) is 16.6 Å². The number of thioether (sulfide) groups is 2. The van der Waals surface area contributed by atoms with Gasteiger partial charge >= 0.3 is 5.97 Å². The SMILES string of the molecule is CCON=C(C(=O)NC1C(=O)N2CC(CSc3nncs3)(C(=O)O)CS[C@H]12)c1csc(N)n1. The normalized spacial score (nSPS) is 24.7. The van der Waals surface area contributed by atoms with Gasteiger partial charge in [-0.2, -0.15) is 0 Å². The molecule has 0 aliphatic carbocycles. The van der Waals surface area contributed by atoms with Crippen molar-refractivity contribution in [2.24, 2.45) is 10.6 Å². The average Bonchev–Trinajstić information content (AvgIpc) is 3.48. The molecule has 4 N–H and O–H groups in total. The summed E-state index contributed by atoms with van der Waals surface area (Å²) in [6, 6.07) is -0.798. The molecule has 2 aliphatic heterocycles. The minimum absolute atomic E-state index is 0.0551. The molecule has 4 rings (SSSR count). The van der Waals surface area contributed by atoms with Crippen molar-refractivity contribution in [1.82, 2.24) is 25.4 Å². The number of hydrogen-bond donors (Lipinski definition) is 3. The molecule has 0 aromatic carbocycles. The number of nitrogen functional groups attached to an aromatic ring is 1. The molecule has 2 aliphatic rings. The van der Waals surface area contributed by atoms with Crippen molar-refractivity contribution in [1.29, 1.82) is 0 Å². The van der Waals surface area contributed by atoms with Gasteiger partial charge < -0.3 is 25.9 Å². The van der Waals surface area contributed by atoms with Crippen molar-refractivity contribution in [3.8, 4) is 0 Å². The van der Waals surface area contributed by atoms with E-state index in [-0.39, 0.29) is 52.5 Å². The van der Waals surface area contributed by atoms with Crippen LogP contribution in [0.25, 0.3) is 0 Å². The zero-order chi connectivity index (χ0) is 23.6. The molecule has 0 bridgehead atoms. The molecule has 0 radical (unpaired) electrons. The fourth-order valence-corrected chi connectivity index (χ4v) is 7.17. The molecule has 16 heteroatoms. The summed E-state index contributed by atoms with van der Waals surface area (Å²) < 4.78 is 0.673. The zero-order valence-corrected chi connectivity index (χ0v) is 20.4. The first-order valence-electron chi connectivity index (χ1n) is 9.61. The van der Waals surface area contributed by atoms with E-state index in [0.717, 1.165) is 11.3 Å². The van der Waals surface area contributed by atoms with Gasteiger partial charge in [0.2, 0.25) is 5.91 Å². The first kappa shape index (κ1) is 23.7. The molecule has 2 aromatic heterocycles. The minimum atomic E-state index is -1.12. The van der Waals surface area contributed by atoms with Crippen molar-refractivity contribution in [2.75, 3.05) is 30.4 Å². The molecule has 2 aromatic rings. The molecule has 0 spiro atoms.